The maximum absolute atomic E-state index is 0. The molecule has 0 aliphatic carbocycles. The van der Waals surface area contributed by atoms with Gasteiger partial charge in [0.25, 0.3) is 0 Å². The number of hydrogen-bond acceptors (Lipinski definition) is 0. The second kappa shape index (κ2) is 1430. The summed E-state index contributed by atoms with van der Waals surface area (Å²) in [7, 11) is 0. The molecule has 0 aromatic carbocycles. The summed E-state index contributed by atoms with van der Waals surface area (Å²) in [5.41, 5.74) is 0. The Morgan fingerprint density at radius 2 is 0.00794 bits per heavy atom. The second-order valence-electron chi connectivity index (χ2n) is 0. The summed E-state index contributed by atoms with van der Waals surface area (Å²) >= 11 is 0. The van der Waals surface area contributed by atoms with Gasteiger partial charge in [0.15, 0.2) is 0 Å². The summed E-state index contributed by atoms with van der Waals surface area (Å²) in [5, 5.41) is 0. The average Bonchev–Trinajstić information content (AvgIpc) is 0. The Kier molecular flexibility index (Phi) is 16500. The molecule has 0 amide bonds. The molecule has 126 radical (unpaired) electrons. The van der Waals surface area contributed by atoms with Gasteiger partial charge in [0.05, 0.1) is 0 Å². The first-order valence-electron chi connectivity index (χ1n) is 0. The summed E-state index contributed by atoms with van der Waals surface area (Å²) in [5.74, 6) is 0. The van der Waals surface area contributed by atoms with E-state index in [1.54, 1.807) is 0 Å². The molecule has 0 heterocycles. The third kappa shape index (κ3) is 1410. The summed E-state index contributed by atoms with van der Waals surface area (Å²) < 4.78 is 0. The van der Waals surface area contributed by atoms with Crippen LogP contribution in [0.25, 0.3) is 0 Å². The van der Waals surface area contributed by atoms with Crippen molar-refractivity contribution in [2.24, 2.45) is 0 Å². The van der Waals surface area contributed by atoms with Gasteiger partial charge in [-0.15, -0.1) is 0 Å². The van der Waals surface area contributed by atoms with E-state index in [1.807, 2.05) is 0 Å². The molecule has 0 aromatic heterocycles. The standard InChI is InChI=1S/126V. The molecule has 0 N–H and O–H groups in total. The molecule has 0 fully saturated rings. The van der Waals surface area contributed by atoms with Gasteiger partial charge >= 0.3 is 0 Å². The SMILES string of the molecule is [V].[V].[V].[V].[V].[V].[V].[V].[V].[V].[V].[V].[V].[V].[V].[V].[V].[V].[V].[V].[V].[V].[V].[V].[V].[V].[V].[V].[V].[V].[V].[V].[V].[V].[V].[V].[V].[V].[V].[V].[V].[V].[V].[V].[V].[V].[V].[V].[V].[V].[V].[V].[V].[V].[V].[V].[V].[V].[V].[V].[V].[V].[V].[V].[V].[V].[V].[V].[V].[V].[V].[V].[V].[V].[V].[V].[V].[V].[V].[V].[V].[V].[V].[V].[V].[V].[V].[V].[V].[V].[V].[V].[V].[V].[V].[V].[V].[V].[V].[V].[V].[V].[V].[V].[V].[V].[V].[V].[V].[V].[V].[V].[V].[V].[V].[V].[V].[V].[V].[V].[V].[V].[V].[V].[V].[V]. The quantitative estimate of drug-likeness (QED) is 0.313. The maximum atomic E-state index is 0. The Labute approximate surface area is 2270 Å². The number of rotatable bonds is 0. The van der Waals surface area contributed by atoms with Crippen LogP contribution in [-0.4, -0.2) is 0 Å². The molecule has 0 aromatic rings. The monoisotopic (exact) mass is 6420 g/mol. The van der Waals surface area contributed by atoms with Crippen molar-refractivity contribution < 1.29 is 2340 Å². The van der Waals surface area contributed by atoms with Crippen molar-refractivity contribution in [1.29, 1.82) is 0 Å². The van der Waals surface area contributed by atoms with Crippen LogP contribution in [0.4, 0.5) is 0 Å². The molecule has 0 saturated heterocycles. The van der Waals surface area contributed by atoms with E-state index < -0.39 is 0 Å². The van der Waals surface area contributed by atoms with Crippen LogP contribution in [-0.2, 0) is 2340 Å². The molecule has 0 aliphatic heterocycles. The summed E-state index contributed by atoms with van der Waals surface area (Å²) in [6, 6.07) is 0. The average molecular weight is 6420 g/mol. The van der Waals surface area contributed by atoms with Crippen molar-refractivity contribution in [2.45, 2.75) is 0 Å². The molecule has 0 atom stereocenters. The first-order valence-corrected chi connectivity index (χ1v) is 0. The molecule has 126 heteroatoms. The van der Waals surface area contributed by atoms with E-state index in [9.17, 15) is 0 Å². The zero-order valence-corrected chi connectivity index (χ0v) is 232. The fourth-order valence-corrected chi connectivity index (χ4v) is 0. The molecule has 0 rings (SSSR count). The van der Waals surface area contributed by atoms with Gasteiger partial charge in [-0.05, 0) is 0 Å². The molecule has 0 unspecified atom stereocenters. The second-order valence-corrected chi connectivity index (χ2v) is 0. The predicted molar refractivity (Wildman–Crippen MR) is 0 cm³/mol. The van der Waals surface area contributed by atoms with E-state index >= 15 is 0 Å². The summed E-state index contributed by atoms with van der Waals surface area (Å²) in [6.45, 7) is 0. The number of hydrogen-bond donors (Lipinski definition) is 0. The Bertz CT molecular complexity index is 0. The van der Waals surface area contributed by atoms with Crippen LogP contribution >= 0.6 is 0 Å². The third-order valence-corrected chi connectivity index (χ3v) is 0. The van der Waals surface area contributed by atoms with Gasteiger partial charge in [0.2, 0.25) is 0 Å². The molecule has 0 saturated carbocycles. The maximum Gasteiger partial charge on any atom is 0 e. The van der Waals surface area contributed by atoms with Crippen LogP contribution in [0.5, 0.6) is 0 Å². The minimum absolute atomic E-state index is 0. The smallest absolute Gasteiger partial charge is 0 e. The minimum atomic E-state index is 0. The van der Waals surface area contributed by atoms with Crippen molar-refractivity contribution in [3.05, 3.63) is 0 Å². The largest absolute Gasteiger partial charge is 0 e. The normalized spacial score (nSPS) is 0. The van der Waals surface area contributed by atoms with Crippen molar-refractivity contribution in [2.75, 3.05) is 0 Å². The molecular formula is V126. The summed E-state index contributed by atoms with van der Waals surface area (Å²) in [6.07, 6.45) is 0. The van der Waals surface area contributed by atoms with Gasteiger partial charge in [0.1, 0.15) is 0 Å². The first-order chi connectivity index (χ1) is 0. The van der Waals surface area contributed by atoms with Gasteiger partial charge in [0, 0.05) is 2340 Å². The van der Waals surface area contributed by atoms with Crippen LogP contribution in [0.1, 0.15) is 0 Å². The van der Waals surface area contributed by atoms with E-state index in [2.05, 4.69) is 0 Å². The first kappa shape index (κ1) is 1450. The van der Waals surface area contributed by atoms with Crippen LogP contribution in [0.15, 0.2) is 0 Å². The van der Waals surface area contributed by atoms with Gasteiger partial charge in [-0.3, -0.25) is 0 Å². The van der Waals surface area contributed by atoms with Crippen molar-refractivity contribution >= 4 is 0 Å². The fraction of sp³-hybridized carbons (Fsp3) is 0. The predicted octanol–water partition coefficient (Wildman–Crippen LogP) is -0.315. The Balaban J connectivity index is 0. The van der Waals surface area contributed by atoms with Crippen LogP contribution in [0.3, 0.4) is 0 Å². The van der Waals surface area contributed by atoms with Crippen molar-refractivity contribution in [3.63, 3.8) is 0 Å². The van der Waals surface area contributed by atoms with Crippen LogP contribution < -0.4 is 0 Å². The van der Waals surface area contributed by atoms with Gasteiger partial charge in [-0.25, -0.2) is 0 Å². The zero-order valence-electron chi connectivity index (χ0n) is 56.3. The van der Waals surface area contributed by atoms with E-state index in [1.165, 1.54) is 0 Å². The van der Waals surface area contributed by atoms with E-state index in [-0.39, 0.29) is 2340 Å². The molecule has 630 valence electrons. The van der Waals surface area contributed by atoms with E-state index in [4.69, 9.17) is 0 Å². The van der Waals surface area contributed by atoms with E-state index in [0.29, 0.717) is 0 Å². The molecule has 0 spiro atoms. The Morgan fingerprint density at radius 3 is 0.00794 bits per heavy atom. The third-order valence-electron chi connectivity index (χ3n) is 0. The Morgan fingerprint density at radius 1 is 0.00794 bits per heavy atom. The van der Waals surface area contributed by atoms with Crippen LogP contribution in [0.2, 0.25) is 0 Å². The molecule has 0 aliphatic rings. The topological polar surface area (TPSA) is 0 Å². The van der Waals surface area contributed by atoms with Gasteiger partial charge < -0.3 is 0 Å². The molecule has 126 heavy (non-hydrogen) atoms. The van der Waals surface area contributed by atoms with E-state index in [0.717, 1.165) is 0 Å². The summed E-state index contributed by atoms with van der Waals surface area (Å²) in [4.78, 5) is 0. The van der Waals surface area contributed by atoms with Gasteiger partial charge in [-0.2, -0.15) is 0 Å². The molecule has 0 bridgehead atoms. The Hall–Kier alpha value is 73.6. The molecular weight excluding hydrogens is 6420 g/mol. The van der Waals surface area contributed by atoms with Crippen LogP contribution in [0, 0.1) is 0 Å². The van der Waals surface area contributed by atoms with Crippen molar-refractivity contribution in [3.8, 4) is 0 Å². The minimum Gasteiger partial charge on any atom is 0 e. The zero-order chi connectivity index (χ0) is 0. The van der Waals surface area contributed by atoms with Crippen molar-refractivity contribution in [1.82, 2.24) is 0 Å². The fourth-order valence-electron chi connectivity index (χ4n) is 0. The molecule has 0 nitrogen and oxygen atoms in total. The van der Waals surface area contributed by atoms with Gasteiger partial charge in [-0.1, -0.05) is 0 Å².